The van der Waals surface area contributed by atoms with E-state index in [2.05, 4.69) is 15.2 Å². The van der Waals surface area contributed by atoms with Crippen molar-refractivity contribution in [3.8, 4) is 0 Å². The molecule has 3 heterocycles. The highest BCUT2D eigenvalue weighted by molar-refractivity contribution is 7.91. The molecule has 8 nitrogen and oxygen atoms in total. The number of piperidine rings is 1. The van der Waals surface area contributed by atoms with E-state index < -0.39 is 9.84 Å². The number of carboxylic acid groups (broad SMARTS) is 1. The Labute approximate surface area is 166 Å². The molecule has 0 radical (unpaired) electrons. The SMILES string of the molecule is O=C(NCC1CCN(CCC2CCS(=O)(=O)C2)CC1)c1ccccn1.O=CO. The Balaban J connectivity index is 0.000000878. The van der Waals surface area contributed by atoms with Crippen LogP contribution in [0.2, 0.25) is 0 Å². The highest BCUT2D eigenvalue weighted by Gasteiger charge is 2.28. The monoisotopic (exact) mass is 411 g/mol. The van der Waals surface area contributed by atoms with Crippen LogP contribution in [-0.4, -0.2) is 73.5 Å². The fourth-order valence-electron chi connectivity index (χ4n) is 3.70. The van der Waals surface area contributed by atoms with Crippen LogP contribution in [0.5, 0.6) is 0 Å². The van der Waals surface area contributed by atoms with Crippen molar-refractivity contribution in [2.75, 3.05) is 37.7 Å². The zero-order chi connectivity index (χ0) is 20.4. The minimum Gasteiger partial charge on any atom is -0.483 e. The van der Waals surface area contributed by atoms with Crippen molar-refractivity contribution < 1.29 is 23.1 Å². The summed E-state index contributed by atoms with van der Waals surface area (Å²) < 4.78 is 23.0. The first kappa shape index (κ1) is 22.3. The highest BCUT2D eigenvalue weighted by atomic mass is 32.2. The van der Waals surface area contributed by atoms with Crippen LogP contribution < -0.4 is 5.32 Å². The molecule has 2 aliphatic rings. The number of nitrogens with one attached hydrogen (secondary N) is 1. The average molecular weight is 412 g/mol. The summed E-state index contributed by atoms with van der Waals surface area (Å²) in [6, 6.07) is 5.34. The van der Waals surface area contributed by atoms with Crippen LogP contribution in [0.1, 0.15) is 36.2 Å². The van der Waals surface area contributed by atoms with Gasteiger partial charge in [-0.3, -0.25) is 14.6 Å². The molecule has 1 aromatic heterocycles. The molecule has 156 valence electrons. The Morgan fingerprint density at radius 1 is 1.25 bits per heavy atom. The molecule has 9 heteroatoms. The molecule has 0 bridgehead atoms. The molecule has 0 aromatic carbocycles. The van der Waals surface area contributed by atoms with Gasteiger partial charge in [0.2, 0.25) is 0 Å². The Kier molecular flexibility index (Phi) is 8.85. The van der Waals surface area contributed by atoms with E-state index in [0.717, 1.165) is 45.3 Å². The normalized spacial score (nSPS) is 22.1. The third-order valence-electron chi connectivity index (χ3n) is 5.34. The van der Waals surface area contributed by atoms with E-state index in [4.69, 9.17) is 9.90 Å². The van der Waals surface area contributed by atoms with Gasteiger partial charge in [-0.2, -0.15) is 0 Å². The fourth-order valence-corrected chi connectivity index (χ4v) is 5.61. The number of likely N-dealkylation sites (tertiary alicyclic amines) is 1. The summed E-state index contributed by atoms with van der Waals surface area (Å²) in [7, 11) is -2.76. The summed E-state index contributed by atoms with van der Waals surface area (Å²) in [6.07, 6.45) is 5.60. The number of sulfone groups is 1. The number of hydrogen-bond acceptors (Lipinski definition) is 6. The smallest absolute Gasteiger partial charge is 0.290 e. The maximum Gasteiger partial charge on any atom is 0.290 e. The molecule has 0 aliphatic carbocycles. The molecule has 1 unspecified atom stereocenters. The van der Waals surface area contributed by atoms with Crippen molar-refractivity contribution in [2.45, 2.75) is 25.7 Å². The van der Waals surface area contributed by atoms with Crippen LogP contribution in [0.4, 0.5) is 0 Å². The first-order chi connectivity index (χ1) is 13.4. The van der Waals surface area contributed by atoms with Crippen molar-refractivity contribution in [2.24, 2.45) is 11.8 Å². The molecule has 2 fully saturated rings. The van der Waals surface area contributed by atoms with E-state index in [1.54, 1.807) is 18.3 Å². The van der Waals surface area contributed by atoms with Gasteiger partial charge in [0.1, 0.15) is 5.69 Å². The van der Waals surface area contributed by atoms with E-state index in [9.17, 15) is 13.2 Å². The number of amides is 1. The summed E-state index contributed by atoms with van der Waals surface area (Å²) >= 11 is 0. The molecule has 0 saturated carbocycles. The maximum absolute atomic E-state index is 12.0. The van der Waals surface area contributed by atoms with Gasteiger partial charge < -0.3 is 15.3 Å². The van der Waals surface area contributed by atoms with Crippen LogP contribution >= 0.6 is 0 Å². The zero-order valence-corrected chi connectivity index (χ0v) is 16.8. The van der Waals surface area contributed by atoms with E-state index in [0.29, 0.717) is 35.6 Å². The molecular weight excluding hydrogens is 382 g/mol. The number of carbonyl (C=O) groups is 2. The summed E-state index contributed by atoms with van der Waals surface area (Å²) in [6.45, 7) is 3.50. The lowest BCUT2D eigenvalue weighted by atomic mass is 9.96. The fraction of sp³-hybridized carbons (Fsp3) is 0.632. The summed E-state index contributed by atoms with van der Waals surface area (Å²) in [4.78, 5) is 26.9. The number of carbonyl (C=O) groups excluding carboxylic acids is 1. The van der Waals surface area contributed by atoms with E-state index in [1.807, 2.05) is 6.07 Å². The molecule has 2 N–H and O–H groups in total. The molecule has 2 aliphatic heterocycles. The Hall–Kier alpha value is -2.00. The third-order valence-corrected chi connectivity index (χ3v) is 7.17. The van der Waals surface area contributed by atoms with Crippen molar-refractivity contribution in [1.82, 2.24) is 15.2 Å². The summed E-state index contributed by atoms with van der Waals surface area (Å²) in [5.41, 5.74) is 0.464. The average Bonchev–Trinajstić information content (AvgIpc) is 3.05. The largest absolute Gasteiger partial charge is 0.483 e. The predicted molar refractivity (Wildman–Crippen MR) is 106 cm³/mol. The number of rotatable bonds is 6. The molecule has 1 aromatic rings. The van der Waals surface area contributed by atoms with Crippen LogP contribution in [0.3, 0.4) is 0 Å². The molecular formula is C19H29N3O5S. The molecule has 2 saturated heterocycles. The lowest BCUT2D eigenvalue weighted by Gasteiger charge is -2.32. The van der Waals surface area contributed by atoms with Gasteiger partial charge >= 0.3 is 0 Å². The van der Waals surface area contributed by atoms with Gasteiger partial charge in [0.25, 0.3) is 12.4 Å². The van der Waals surface area contributed by atoms with Crippen LogP contribution in [0.25, 0.3) is 0 Å². The molecule has 1 amide bonds. The first-order valence-corrected chi connectivity index (χ1v) is 11.5. The molecule has 1 atom stereocenters. The van der Waals surface area contributed by atoms with Gasteiger partial charge in [-0.25, -0.2) is 8.42 Å². The van der Waals surface area contributed by atoms with Gasteiger partial charge in [0, 0.05) is 12.7 Å². The van der Waals surface area contributed by atoms with E-state index in [1.165, 1.54) is 0 Å². The van der Waals surface area contributed by atoms with Gasteiger partial charge in [0.15, 0.2) is 9.84 Å². The van der Waals surface area contributed by atoms with E-state index >= 15 is 0 Å². The standard InChI is InChI=1S/C18H27N3O3S.CH2O2/c22-18(17-3-1-2-8-19-17)20-13-15-4-9-21(10-5-15)11-6-16-7-12-25(23,24)14-16;2-1-3/h1-3,8,15-16H,4-7,9-14H2,(H,20,22);1H,(H,2,3). The second kappa shape index (κ2) is 11.1. The number of nitrogens with zero attached hydrogens (tertiary/aromatic N) is 2. The molecule has 0 spiro atoms. The minimum absolute atomic E-state index is 0.106. The van der Waals surface area contributed by atoms with Gasteiger partial charge in [-0.1, -0.05) is 6.07 Å². The quantitative estimate of drug-likeness (QED) is 0.672. The first-order valence-electron chi connectivity index (χ1n) is 9.63. The Bertz CT molecular complexity index is 718. The molecule has 28 heavy (non-hydrogen) atoms. The lowest BCUT2D eigenvalue weighted by molar-refractivity contribution is -0.122. The molecule has 3 rings (SSSR count). The van der Waals surface area contributed by atoms with Crippen molar-refractivity contribution in [3.05, 3.63) is 30.1 Å². The number of aromatic nitrogens is 1. The van der Waals surface area contributed by atoms with Crippen molar-refractivity contribution in [1.29, 1.82) is 0 Å². The maximum atomic E-state index is 12.0. The van der Waals surface area contributed by atoms with Gasteiger partial charge in [-0.05, 0) is 69.3 Å². The van der Waals surface area contributed by atoms with Gasteiger partial charge in [-0.15, -0.1) is 0 Å². The number of pyridine rings is 1. The second-order valence-corrected chi connectivity index (χ2v) is 9.60. The number of hydrogen-bond donors (Lipinski definition) is 2. The summed E-state index contributed by atoms with van der Waals surface area (Å²) in [5, 5.41) is 9.87. The predicted octanol–water partition coefficient (Wildman–Crippen LogP) is 1.05. The van der Waals surface area contributed by atoms with Crippen LogP contribution in [0, 0.1) is 11.8 Å². The Morgan fingerprint density at radius 3 is 2.54 bits per heavy atom. The topological polar surface area (TPSA) is 117 Å². The Morgan fingerprint density at radius 2 is 1.96 bits per heavy atom. The highest BCUT2D eigenvalue weighted by Crippen LogP contribution is 2.23. The second-order valence-electron chi connectivity index (χ2n) is 7.37. The van der Waals surface area contributed by atoms with Crippen LogP contribution in [-0.2, 0) is 14.6 Å². The summed E-state index contributed by atoms with van der Waals surface area (Å²) in [5.74, 6) is 1.50. The van der Waals surface area contributed by atoms with Gasteiger partial charge in [0.05, 0.1) is 11.5 Å². The van der Waals surface area contributed by atoms with Crippen molar-refractivity contribution >= 4 is 22.2 Å². The zero-order valence-electron chi connectivity index (χ0n) is 16.0. The van der Waals surface area contributed by atoms with Crippen molar-refractivity contribution in [3.63, 3.8) is 0 Å². The third kappa shape index (κ3) is 7.55. The van der Waals surface area contributed by atoms with E-state index in [-0.39, 0.29) is 12.4 Å². The van der Waals surface area contributed by atoms with Crippen LogP contribution in [0.15, 0.2) is 24.4 Å². The lowest BCUT2D eigenvalue weighted by Crippen LogP contribution is -2.39. The minimum atomic E-state index is -2.76.